The molecule has 2 N–H and O–H groups in total. The quantitative estimate of drug-likeness (QED) is 0.679. The largest absolute Gasteiger partial charge is 0.396 e. The monoisotopic (exact) mass is 269 g/mol. The van der Waals surface area contributed by atoms with E-state index >= 15 is 0 Å². The summed E-state index contributed by atoms with van der Waals surface area (Å²) in [5.74, 6) is 0. The zero-order chi connectivity index (χ0) is 13.5. The van der Waals surface area contributed by atoms with Crippen LogP contribution in [0.1, 0.15) is 38.5 Å². The van der Waals surface area contributed by atoms with Crippen LogP contribution in [0.15, 0.2) is 0 Å². The Morgan fingerprint density at radius 3 is 2.58 bits per heavy atom. The highest BCUT2D eigenvalue weighted by molar-refractivity contribution is 5.76. The van der Waals surface area contributed by atoms with E-state index in [9.17, 15) is 4.79 Å². The highest BCUT2D eigenvalue weighted by Gasteiger charge is 2.33. The summed E-state index contributed by atoms with van der Waals surface area (Å²) in [6, 6.07) is 0.696. The fourth-order valence-corrected chi connectivity index (χ4v) is 3.03. The summed E-state index contributed by atoms with van der Waals surface area (Å²) in [6.45, 7) is 5.03. The summed E-state index contributed by atoms with van der Waals surface area (Å²) in [4.78, 5) is 16.4. The molecule has 2 saturated heterocycles. The smallest absolute Gasteiger partial charge is 0.320 e. The molecule has 0 saturated carbocycles. The van der Waals surface area contributed by atoms with E-state index < -0.39 is 0 Å². The maximum absolute atomic E-state index is 12.3. The molecule has 0 aromatic carbocycles. The summed E-state index contributed by atoms with van der Waals surface area (Å²) in [6.07, 6.45) is 6.31. The standard InChI is InChI=1S/C14H27N3O2/c18-12-4-2-1-3-9-16-10-11-17(14(16)19)13-5-7-15-8-6-13/h13,15,18H,1-12H2. The molecule has 0 aromatic heterocycles. The number of amides is 2. The van der Waals surface area contributed by atoms with Gasteiger partial charge >= 0.3 is 6.03 Å². The van der Waals surface area contributed by atoms with Crippen LogP contribution in [0, 0.1) is 0 Å². The predicted molar refractivity (Wildman–Crippen MR) is 75.1 cm³/mol. The van der Waals surface area contributed by atoms with Gasteiger partial charge in [-0.05, 0) is 38.8 Å². The summed E-state index contributed by atoms with van der Waals surface area (Å²) < 4.78 is 0. The Hall–Kier alpha value is -0.810. The molecule has 2 fully saturated rings. The van der Waals surface area contributed by atoms with E-state index in [0.717, 1.165) is 71.2 Å². The van der Waals surface area contributed by atoms with E-state index in [1.807, 2.05) is 4.90 Å². The van der Waals surface area contributed by atoms with Crippen LogP contribution in [-0.2, 0) is 0 Å². The molecule has 0 spiro atoms. The van der Waals surface area contributed by atoms with Crippen molar-refractivity contribution in [2.45, 2.75) is 44.6 Å². The number of aliphatic hydroxyl groups excluding tert-OH is 1. The van der Waals surface area contributed by atoms with Gasteiger partial charge in [0.25, 0.3) is 0 Å². The fourth-order valence-electron chi connectivity index (χ4n) is 3.03. The van der Waals surface area contributed by atoms with Crippen molar-refractivity contribution in [1.82, 2.24) is 15.1 Å². The first-order chi connectivity index (χ1) is 9.33. The van der Waals surface area contributed by atoms with E-state index in [-0.39, 0.29) is 12.6 Å². The van der Waals surface area contributed by atoms with Gasteiger partial charge in [-0.3, -0.25) is 0 Å². The molecule has 2 aliphatic rings. The third kappa shape index (κ3) is 4.08. The Labute approximate surface area is 115 Å². The van der Waals surface area contributed by atoms with Crippen molar-refractivity contribution >= 4 is 6.03 Å². The Bertz CT molecular complexity index is 280. The molecule has 0 unspecified atom stereocenters. The topological polar surface area (TPSA) is 55.8 Å². The maximum Gasteiger partial charge on any atom is 0.320 e. The number of hydrogen-bond donors (Lipinski definition) is 2. The molecular weight excluding hydrogens is 242 g/mol. The van der Waals surface area contributed by atoms with Crippen molar-refractivity contribution in [1.29, 1.82) is 0 Å². The molecule has 5 heteroatoms. The van der Waals surface area contributed by atoms with Crippen LogP contribution >= 0.6 is 0 Å². The summed E-state index contributed by atoms with van der Waals surface area (Å²) in [5.41, 5.74) is 0. The molecular formula is C14H27N3O2. The Kier molecular flexibility index (Phi) is 5.92. The molecule has 110 valence electrons. The molecule has 0 bridgehead atoms. The molecule has 0 radical (unpaired) electrons. The van der Waals surface area contributed by atoms with E-state index in [1.165, 1.54) is 0 Å². The van der Waals surface area contributed by atoms with E-state index in [2.05, 4.69) is 10.2 Å². The van der Waals surface area contributed by atoms with Crippen LogP contribution in [0.5, 0.6) is 0 Å². The average Bonchev–Trinajstić information content (AvgIpc) is 2.81. The van der Waals surface area contributed by atoms with Gasteiger partial charge in [0.05, 0.1) is 0 Å². The number of nitrogens with one attached hydrogen (secondary N) is 1. The zero-order valence-corrected chi connectivity index (χ0v) is 11.8. The summed E-state index contributed by atoms with van der Waals surface area (Å²) >= 11 is 0. The van der Waals surface area contributed by atoms with Gasteiger partial charge in [-0.1, -0.05) is 12.8 Å². The molecule has 0 atom stereocenters. The van der Waals surface area contributed by atoms with Gasteiger partial charge in [0.15, 0.2) is 0 Å². The van der Waals surface area contributed by atoms with Crippen molar-refractivity contribution in [3.8, 4) is 0 Å². The number of carbonyl (C=O) groups excluding carboxylic acids is 1. The van der Waals surface area contributed by atoms with Crippen molar-refractivity contribution < 1.29 is 9.90 Å². The molecule has 5 nitrogen and oxygen atoms in total. The van der Waals surface area contributed by atoms with Gasteiger partial charge in [-0.15, -0.1) is 0 Å². The second kappa shape index (κ2) is 7.70. The highest BCUT2D eigenvalue weighted by atomic mass is 16.3. The summed E-state index contributed by atoms with van der Waals surface area (Å²) in [7, 11) is 0. The third-order valence-corrected chi connectivity index (χ3v) is 4.21. The van der Waals surface area contributed by atoms with Gasteiger partial charge in [0.1, 0.15) is 0 Å². The molecule has 2 rings (SSSR count). The Balaban J connectivity index is 1.68. The van der Waals surface area contributed by atoms with Crippen molar-refractivity contribution in [2.24, 2.45) is 0 Å². The molecule has 2 amide bonds. The van der Waals surface area contributed by atoms with Crippen LogP contribution in [0.4, 0.5) is 4.79 Å². The van der Waals surface area contributed by atoms with E-state index in [0.29, 0.717) is 6.04 Å². The lowest BCUT2D eigenvalue weighted by Crippen LogP contribution is -2.45. The maximum atomic E-state index is 12.3. The number of rotatable bonds is 7. The number of urea groups is 1. The SMILES string of the molecule is O=C1N(CCCCCCO)CCN1C1CCNCC1. The van der Waals surface area contributed by atoms with Crippen molar-refractivity contribution in [3.63, 3.8) is 0 Å². The third-order valence-electron chi connectivity index (χ3n) is 4.21. The molecule has 19 heavy (non-hydrogen) atoms. The van der Waals surface area contributed by atoms with E-state index in [4.69, 9.17) is 5.11 Å². The van der Waals surface area contributed by atoms with Gasteiger partial charge in [0, 0.05) is 32.3 Å². The number of aliphatic hydroxyl groups is 1. The molecule has 2 aliphatic heterocycles. The van der Waals surface area contributed by atoms with Gasteiger partial charge in [-0.2, -0.15) is 0 Å². The van der Waals surface area contributed by atoms with Gasteiger partial charge in [0.2, 0.25) is 0 Å². The highest BCUT2D eigenvalue weighted by Crippen LogP contribution is 2.19. The number of nitrogens with zero attached hydrogens (tertiary/aromatic N) is 2. The van der Waals surface area contributed by atoms with Gasteiger partial charge in [-0.25, -0.2) is 4.79 Å². The Morgan fingerprint density at radius 2 is 1.84 bits per heavy atom. The first-order valence-electron chi connectivity index (χ1n) is 7.70. The number of hydrogen-bond acceptors (Lipinski definition) is 3. The number of carbonyl (C=O) groups is 1. The predicted octanol–water partition coefficient (Wildman–Crippen LogP) is 1.03. The van der Waals surface area contributed by atoms with Crippen molar-refractivity contribution in [2.75, 3.05) is 39.3 Å². The fraction of sp³-hybridized carbons (Fsp3) is 0.929. The van der Waals surface area contributed by atoms with Crippen LogP contribution in [0.25, 0.3) is 0 Å². The van der Waals surface area contributed by atoms with Crippen LogP contribution in [-0.4, -0.2) is 66.3 Å². The lowest BCUT2D eigenvalue weighted by Gasteiger charge is -2.31. The minimum Gasteiger partial charge on any atom is -0.396 e. The van der Waals surface area contributed by atoms with Gasteiger partial charge < -0.3 is 20.2 Å². The minimum absolute atomic E-state index is 0.244. The lowest BCUT2D eigenvalue weighted by atomic mass is 10.1. The molecule has 0 aromatic rings. The summed E-state index contributed by atoms with van der Waals surface area (Å²) in [5, 5.41) is 12.1. The number of piperidine rings is 1. The number of unbranched alkanes of at least 4 members (excludes halogenated alkanes) is 3. The van der Waals surface area contributed by atoms with Crippen LogP contribution in [0.3, 0.4) is 0 Å². The molecule has 0 aliphatic carbocycles. The normalized spacial score (nSPS) is 21.4. The first-order valence-corrected chi connectivity index (χ1v) is 7.70. The second-order valence-corrected chi connectivity index (χ2v) is 5.58. The zero-order valence-electron chi connectivity index (χ0n) is 11.8. The molecule has 2 heterocycles. The van der Waals surface area contributed by atoms with E-state index in [1.54, 1.807) is 0 Å². The van der Waals surface area contributed by atoms with Crippen LogP contribution in [0.2, 0.25) is 0 Å². The van der Waals surface area contributed by atoms with Crippen LogP contribution < -0.4 is 5.32 Å². The average molecular weight is 269 g/mol. The first kappa shape index (κ1) is 14.6. The second-order valence-electron chi connectivity index (χ2n) is 5.58. The lowest BCUT2D eigenvalue weighted by molar-refractivity contribution is 0.165. The Morgan fingerprint density at radius 1 is 1.11 bits per heavy atom. The van der Waals surface area contributed by atoms with Crippen molar-refractivity contribution in [3.05, 3.63) is 0 Å². The minimum atomic E-state index is 0.244.